The Balaban J connectivity index is 1.55. The maximum absolute atomic E-state index is 12.2. The number of amides is 1. The number of benzene rings is 1. The van der Waals surface area contributed by atoms with Crippen LogP contribution in [0.1, 0.15) is 17.0 Å². The van der Waals surface area contributed by atoms with Crippen molar-refractivity contribution in [2.75, 3.05) is 11.9 Å². The summed E-state index contributed by atoms with van der Waals surface area (Å²) in [6.45, 7) is 5.65. The molecule has 0 bridgehead atoms. The maximum Gasteiger partial charge on any atom is 0.262 e. The van der Waals surface area contributed by atoms with Gasteiger partial charge in [-0.15, -0.1) is 0 Å². The zero-order valence-electron chi connectivity index (χ0n) is 15.5. The molecule has 2 heterocycles. The number of ether oxygens (including phenoxy) is 2. The third kappa shape index (κ3) is 5.04. The first-order chi connectivity index (χ1) is 13.0. The van der Waals surface area contributed by atoms with Gasteiger partial charge < -0.3 is 14.8 Å². The number of anilines is 1. The predicted octanol–water partition coefficient (Wildman–Crippen LogP) is 4.21. The number of pyridine rings is 2. The highest BCUT2D eigenvalue weighted by molar-refractivity contribution is 5.93. The average molecular weight is 363 g/mol. The van der Waals surface area contributed by atoms with Crippen LogP contribution in [0.15, 0.2) is 54.7 Å². The van der Waals surface area contributed by atoms with Crippen LogP contribution in [-0.4, -0.2) is 22.5 Å². The maximum atomic E-state index is 12.2. The first kappa shape index (κ1) is 18.4. The summed E-state index contributed by atoms with van der Waals surface area (Å²) >= 11 is 0. The van der Waals surface area contributed by atoms with Gasteiger partial charge in [-0.3, -0.25) is 9.78 Å². The molecule has 0 unspecified atom stereocenters. The van der Waals surface area contributed by atoms with Gasteiger partial charge >= 0.3 is 0 Å². The molecule has 0 saturated carbocycles. The summed E-state index contributed by atoms with van der Waals surface area (Å²) in [4.78, 5) is 20.7. The lowest BCUT2D eigenvalue weighted by Gasteiger charge is -2.12. The van der Waals surface area contributed by atoms with E-state index in [-0.39, 0.29) is 12.5 Å². The first-order valence-electron chi connectivity index (χ1n) is 8.58. The molecule has 3 rings (SSSR count). The van der Waals surface area contributed by atoms with Crippen LogP contribution in [0.25, 0.3) is 0 Å². The lowest BCUT2D eigenvalue weighted by molar-refractivity contribution is -0.118. The molecule has 0 saturated heterocycles. The molecular formula is C21H21N3O3. The topological polar surface area (TPSA) is 73.3 Å². The summed E-state index contributed by atoms with van der Waals surface area (Å²) in [5, 5.41) is 2.86. The number of carbonyl (C=O) groups is 1. The van der Waals surface area contributed by atoms with Crippen molar-refractivity contribution in [1.29, 1.82) is 0 Å². The van der Waals surface area contributed by atoms with E-state index < -0.39 is 0 Å². The number of hydrogen-bond acceptors (Lipinski definition) is 5. The molecule has 2 aromatic heterocycles. The van der Waals surface area contributed by atoms with E-state index in [0.29, 0.717) is 17.4 Å². The van der Waals surface area contributed by atoms with E-state index in [0.717, 1.165) is 22.6 Å². The summed E-state index contributed by atoms with van der Waals surface area (Å²) in [5.74, 6) is 1.50. The Labute approximate surface area is 158 Å². The molecule has 1 N–H and O–H groups in total. The summed E-state index contributed by atoms with van der Waals surface area (Å²) in [7, 11) is 0. The molecule has 0 aliphatic heterocycles. The minimum Gasteiger partial charge on any atom is -0.484 e. The van der Waals surface area contributed by atoms with Gasteiger partial charge in [-0.05, 0) is 62.7 Å². The van der Waals surface area contributed by atoms with Gasteiger partial charge in [0.1, 0.15) is 11.5 Å². The number of nitrogens with one attached hydrogen (secondary N) is 1. The Morgan fingerprint density at radius 1 is 1.04 bits per heavy atom. The quantitative estimate of drug-likeness (QED) is 0.710. The fourth-order valence-electron chi connectivity index (χ4n) is 2.67. The van der Waals surface area contributed by atoms with E-state index in [2.05, 4.69) is 15.3 Å². The van der Waals surface area contributed by atoms with Crippen LogP contribution in [0.4, 0.5) is 5.69 Å². The number of nitrogens with zero attached hydrogens (tertiary/aromatic N) is 2. The van der Waals surface area contributed by atoms with Gasteiger partial charge in [0, 0.05) is 18.0 Å². The van der Waals surface area contributed by atoms with E-state index in [1.807, 2.05) is 39.0 Å². The molecule has 6 heteroatoms. The van der Waals surface area contributed by atoms with Gasteiger partial charge in [0.25, 0.3) is 5.91 Å². The summed E-state index contributed by atoms with van der Waals surface area (Å²) < 4.78 is 11.2. The van der Waals surface area contributed by atoms with E-state index in [9.17, 15) is 4.79 Å². The van der Waals surface area contributed by atoms with Crippen LogP contribution in [0.3, 0.4) is 0 Å². The van der Waals surface area contributed by atoms with Gasteiger partial charge in [0.05, 0.1) is 11.4 Å². The van der Waals surface area contributed by atoms with Crippen molar-refractivity contribution in [3.05, 3.63) is 71.7 Å². The van der Waals surface area contributed by atoms with Crippen molar-refractivity contribution in [2.45, 2.75) is 20.8 Å². The molecule has 6 nitrogen and oxygen atoms in total. The van der Waals surface area contributed by atoms with Crippen LogP contribution in [0.5, 0.6) is 17.4 Å². The second kappa shape index (κ2) is 8.31. The first-order valence-corrected chi connectivity index (χ1v) is 8.58. The molecule has 0 aliphatic rings. The molecule has 0 atom stereocenters. The van der Waals surface area contributed by atoms with Gasteiger partial charge in [-0.1, -0.05) is 6.07 Å². The normalized spacial score (nSPS) is 10.3. The molecule has 0 fully saturated rings. The standard InChI is InChI=1S/C21H21N3O3/c1-14-12-15(2)23-16(3)21(14)24-19(25)13-26-17-7-9-18(10-8-17)27-20-6-4-5-11-22-20/h4-12H,13H2,1-3H3,(H,24,25). The number of hydrogen-bond donors (Lipinski definition) is 1. The number of aromatic nitrogens is 2. The van der Waals surface area contributed by atoms with Crippen LogP contribution < -0.4 is 14.8 Å². The van der Waals surface area contributed by atoms with Crippen LogP contribution >= 0.6 is 0 Å². The zero-order chi connectivity index (χ0) is 19.2. The van der Waals surface area contributed by atoms with E-state index >= 15 is 0 Å². The third-order valence-electron chi connectivity index (χ3n) is 3.84. The van der Waals surface area contributed by atoms with E-state index in [1.165, 1.54) is 0 Å². The molecular weight excluding hydrogens is 342 g/mol. The monoisotopic (exact) mass is 363 g/mol. The lowest BCUT2D eigenvalue weighted by Crippen LogP contribution is -2.21. The Morgan fingerprint density at radius 3 is 2.44 bits per heavy atom. The van der Waals surface area contributed by atoms with Gasteiger partial charge in [0.15, 0.2) is 6.61 Å². The molecule has 0 radical (unpaired) electrons. The average Bonchev–Trinajstić information content (AvgIpc) is 2.65. The fourth-order valence-corrected chi connectivity index (χ4v) is 2.67. The minimum atomic E-state index is -0.235. The van der Waals surface area contributed by atoms with Crippen LogP contribution in [0, 0.1) is 20.8 Å². The molecule has 27 heavy (non-hydrogen) atoms. The Hall–Kier alpha value is -3.41. The van der Waals surface area contributed by atoms with Crippen molar-refractivity contribution in [1.82, 2.24) is 9.97 Å². The zero-order valence-corrected chi connectivity index (χ0v) is 15.5. The largest absolute Gasteiger partial charge is 0.484 e. The van der Waals surface area contributed by atoms with Crippen molar-refractivity contribution in [3.8, 4) is 17.4 Å². The Morgan fingerprint density at radius 2 is 1.78 bits per heavy atom. The van der Waals surface area contributed by atoms with Gasteiger partial charge in [-0.2, -0.15) is 0 Å². The van der Waals surface area contributed by atoms with Crippen molar-refractivity contribution in [3.63, 3.8) is 0 Å². The highest BCUT2D eigenvalue weighted by Gasteiger charge is 2.10. The van der Waals surface area contributed by atoms with Crippen LogP contribution in [-0.2, 0) is 4.79 Å². The number of rotatable bonds is 6. The molecule has 0 spiro atoms. The highest BCUT2D eigenvalue weighted by atomic mass is 16.5. The lowest BCUT2D eigenvalue weighted by atomic mass is 10.1. The SMILES string of the molecule is Cc1cc(C)c(NC(=O)COc2ccc(Oc3ccccn3)cc2)c(C)n1. The van der Waals surface area contributed by atoms with Crippen molar-refractivity contribution in [2.24, 2.45) is 0 Å². The minimum absolute atomic E-state index is 0.0901. The highest BCUT2D eigenvalue weighted by Crippen LogP contribution is 2.22. The number of aryl methyl sites for hydroxylation is 3. The molecule has 3 aromatic rings. The van der Waals surface area contributed by atoms with Gasteiger partial charge in [0.2, 0.25) is 5.88 Å². The molecule has 1 aromatic carbocycles. The summed E-state index contributed by atoms with van der Waals surface area (Å²) in [6, 6.07) is 14.4. The Bertz CT molecular complexity index is 902. The smallest absolute Gasteiger partial charge is 0.262 e. The number of carbonyl (C=O) groups excluding carboxylic acids is 1. The molecule has 1 amide bonds. The predicted molar refractivity (Wildman–Crippen MR) is 103 cm³/mol. The molecule has 0 aliphatic carbocycles. The van der Waals surface area contributed by atoms with E-state index in [1.54, 1.807) is 36.5 Å². The third-order valence-corrected chi connectivity index (χ3v) is 3.84. The summed E-state index contributed by atoms with van der Waals surface area (Å²) in [6.07, 6.45) is 1.67. The van der Waals surface area contributed by atoms with Crippen molar-refractivity contribution < 1.29 is 14.3 Å². The Kier molecular flexibility index (Phi) is 5.66. The van der Waals surface area contributed by atoms with E-state index in [4.69, 9.17) is 9.47 Å². The van der Waals surface area contributed by atoms with Gasteiger partial charge in [-0.25, -0.2) is 4.98 Å². The van der Waals surface area contributed by atoms with Crippen molar-refractivity contribution >= 4 is 11.6 Å². The fraction of sp³-hybridized carbons (Fsp3) is 0.190. The second-order valence-electron chi connectivity index (χ2n) is 6.12. The van der Waals surface area contributed by atoms with Crippen LogP contribution in [0.2, 0.25) is 0 Å². The summed E-state index contributed by atoms with van der Waals surface area (Å²) in [5.41, 5.74) is 3.42. The second-order valence-corrected chi connectivity index (χ2v) is 6.12. The molecule has 138 valence electrons.